The summed E-state index contributed by atoms with van der Waals surface area (Å²) in [7, 11) is 0. The van der Waals surface area contributed by atoms with E-state index in [2.05, 4.69) is 31.0 Å². The van der Waals surface area contributed by atoms with E-state index in [9.17, 15) is 0 Å². The first kappa shape index (κ1) is 16.2. The van der Waals surface area contributed by atoms with Gasteiger partial charge < -0.3 is 5.73 Å². The summed E-state index contributed by atoms with van der Waals surface area (Å²) in [5, 5.41) is 0. The van der Waals surface area contributed by atoms with Crippen LogP contribution in [0.2, 0.25) is 0 Å². The van der Waals surface area contributed by atoms with Crippen molar-refractivity contribution in [3.05, 3.63) is 30.1 Å². The molecule has 0 fully saturated rings. The van der Waals surface area contributed by atoms with Crippen LogP contribution in [0.15, 0.2) is 24.5 Å². The molecule has 0 aromatic carbocycles. The highest BCUT2D eigenvalue weighted by Crippen LogP contribution is 2.21. The van der Waals surface area contributed by atoms with Crippen LogP contribution < -0.4 is 5.73 Å². The maximum Gasteiger partial charge on any atom is 0.0270 e. The van der Waals surface area contributed by atoms with Gasteiger partial charge in [-0.05, 0) is 30.0 Å². The molecule has 0 saturated heterocycles. The third kappa shape index (κ3) is 6.72. The van der Waals surface area contributed by atoms with Crippen LogP contribution in [-0.2, 0) is 0 Å². The first-order valence-corrected chi connectivity index (χ1v) is 7.91. The SMILES string of the molecule is CCCCCCCCCC(N)C(C)c1ccncc1. The highest BCUT2D eigenvalue weighted by Gasteiger charge is 2.13. The van der Waals surface area contributed by atoms with E-state index in [0.29, 0.717) is 5.92 Å². The zero-order valence-electron chi connectivity index (χ0n) is 12.6. The number of hydrogen-bond donors (Lipinski definition) is 1. The van der Waals surface area contributed by atoms with Crippen LogP contribution in [-0.4, -0.2) is 11.0 Å². The average molecular weight is 262 g/mol. The first-order valence-electron chi connectivity index (χ1n) is 7.91. The van der Waals surface area contributed by atoms with Gasteiger partial charge in [-0.2, -0.15) is 0 Å². The Morgan fingerprint density at radius 2 is 1.58 bits per heavy atom. The lowest BCUT2D eigenvalue weighted by Crippen LogP contribution is -2.26. The molecule has 0 aliphatic rings. The Balaban J connectivity index is 2.12. The largest absolute Gasteiger partial charge is 0.327 e. The molecule has 0 aliphatic carbocycles. The molecule has 108 valence electrons. The molecule has 19 heavy (non-hydrogen) atoms. The Hall–Kier alpha value is -0.890. The van der Waals surface area contributed by atoms with Crippen molar-refractivity contribution in [3.8, 4) is 0 Å². The summed E-state index contributed by atoms with van der Waals surface area (Å²) < 4.78 is 0. The van der Waals surface area contributed by atoms with Gasteiger partial charge in [0.25, 0.3) is 0 Å². The van der Waals surface area contributed by atoms with Gasteiger partial charge in [0.2, 0.25) is 0 Å². The van der Waals surface area contributed by atoms with Crippen LogP contribution in [0.4, 0.5) is 0 Å². The maximum absolute atomic E-state index is 6.29. The van der Waals surface area contributed by atoms with Crippen LogP contribution in [0, 0.1) is 0 Å². The molecule has 2 nitrogen and oxygen atoms in total. The summed E-state index contributed by atoms with van der Waals surface area (Å²) in [5.74, 6) is 0.433. The van der Waals surface area contributed by atoms with Crippen molar-refractivity contribution in [1.82, 2.24) is 4.98 Å². The summed E-state index contributed by atoms with van der Waals surface area (Å²) in [6, 6.07) is 4.43. The Bertz CT molecular complexity index is 310. The van der Waals surface area contributed by atoms with Gasteiger partial charge in [-0.3, -0.25) is 4.98 Å². The van der Waals surface area contributed by atoms with E-state index in [-0.39, 0.29) is 6.04 Å². The molecular formula is C17H30N2. The van der Waals surface area contributed by atoms with Crippen molar-refractivity contribution in [2.75, 3.05) is 0 Å². The van der Waals surface area contributed by atoms with Gasteiger partial charge in [0.05, 0.1) is 0 Å². The summed E-state index contributed by atoms with van der Waals surface area (Å²) >= 11 is 0. The van der Waals surface area contributed by atoms with Crippen molar-refractivity contribution in [1.29, 1.82) is 0 Å². The third-order valence-electron chi connectivity index (χ3n) is 4.02. The Morgan fingerprint density at radius 1 is 1.00 bits per heavy atom. The van der Waals surface area contributed by atoms with Crippen LogP contribution in [0.5, 0.6) is 0 Å². The lowest BCUT2D eigenvalue weighted by molar-refractivity contribution is 0.485. The average Bonchev–Trinajstić information content (AvgIpc) is 2.46. The van der Waals surface area contributed by atoms with E-state index in [1.165, 1.54) is 50.5 Å². The van der Waals surface area contributed by atoms with Gasteiger partial charge in [-0.15, -0.1) is 0 Å². The number of nitrogens with two attached hydrogens (primary N) is 1. The van der Waals surface area contributed by atoms with E-state index in [1.807, 2.05) is 12.4 Å². The van der Waals surface area contributed by atoms with E-state index in [4.69, 9.17) is 5.73 Å². The second-order valence-corrected chi connectivity index (χ2v) is 5.64. The van der Waals surface area contributed by atoms with Gasteiger partial charge in [0, 0.05) is 18.4 Å². The molecule has 0 aliphatic heterocycles. The molecule has 0 bridgehead atoms. The summed E-state index contributed by atoms with van der Waals surface area (Å²) in [6.07, 6.45) is 14.3. The minimum absolute atomic E-state index is 0.276. The highest BCUT2D eigenvalue weighted by molar-refractivity contribution is 5.16. The van der Waals surface area contributed by atoms with E-state index >= 15 is 0 Å². The standard InChI is InChI=1S/C17H30N2/c1-3-4-5-6-7-8-9-10-17(18)15(2)16-11-13-19-14-12-16/h11-15,17H,3-10,18H2,1-2H3. The molecule has 1 aromatic heterocycles. The van der Waals surface area contributed by atoms with Crippen LogP contribution in [0.3, 0.4) is 0 Å². The normalized spacial score (nSPS) is 14.3. The van der Waals surface area contributed by atoms with Gasteiger partial charge >= 0.3 is 0 Å². The molecule has 0 saturated carbocycles. The molecule has 0 radical (unpaired) electrons. The summed E-state index contributed by atoms with van der Waals surface area (Å²) in [5.41, 5.74) is 7.60. The Labute approximate surface area is 118 Å². The molecular weight excluding hydrogens is 232 g/mol. The number of unbranched alkanes of at least 4 members (excludes halogenated alkanes) is 6. The number of nitrogens with zero attached hydrogens (tertiary/aromatic N) is 1. The van der Waals surface area contributed by atoms with E-state index in [1.54, 1.807) is 0 Å². The van der Waals surface area contributed by atoms with Crippen LogP contribution in [0.25, 0.3) is 0 Å². The zero-order valence-corrected chi connectivity index (χ0v) is 12.6. The zero-order chi connectivity index (χ0) is 13.9. The van der Waals surface area contributed by atoms with Crippen molar-refractivity contribution in [3.63, 3.8) is 0 Å². The van der Waals surface area contributed by atoms with Crippen molar-refractivity contribution < 1.29 is 0 Å². The molecule has 1 heterocycles. The molecule has 1 rings (SSSR count). The fourth-order valence-corrected chi connectivity index (χ4v) is 2.50. The lowest BCUT2D eigenvalue weighted by atomic mass is 9.91. The van der Waals surface area contributed by atoms with E-state index < -0.39 is 0 Å². The van der Waals surface area contributed by atoms with Crippen molar-refractivity contribution >= 4 is 0 Å². The summed E-state index contributed by atoms with van der Waals surface area (Å²) in [4.78, 5) is 4.06. The molecule has 2 unspecified atom stereocenters. The molecule has 0 amide bonds. The predicted molar refractivity (Wildman–Crippen MR) is 83.2 cm³/mol. The minimum atomic E-state index is 0.276. The van der Waals surface area contributed by atoms with Gasteiger partial charge in [-0.25, -0.2) is 0 Å². The second kappa shape index (κ2) is 9.96. The molecule has 0 spiro atoms. The van der Waals surface area contributed by atoms with Crippen molar-refractivity contribution in [2.24, 2.45) is 5.73 Å². The smallest absolute Gasteiger partial charge is 0.0270 e. The fraction of sp³-hybridized carbons (Fsp3) is 0.706. The molecule has 2 atom stereocenters. The van der Waals surface area contributed by atoms with Gasteiger partial charge in [0.15, 0.2) is 0 Å². The quantitative estimate of drug-likeness (QED) is 0.623. The fourth-order valence-electron chi connectivity index (χ4n) is 2.50. The van der Waals surface area contributed by atoms with Crippen LogP contribution >= 0.6 is 0 Å². The van der Waals surface area contributed by atoms with Gasteiger partial charge in [-0.1, -0.05) is 58.8 Å². The number of aromatic nitrogens is 1. The Morgan fingerprint density at radius 3 is 2.21 bits per heavy atom. The topological polar surface area (TPSA) is 38.9 Å². The predicted octanol–water partition coefficient (Wildman–Crippen LogP) is 4.65. The first-order chi connectivity index (χ1) is 9.25. The third-order valence-corrected chi connectivity index (χ3v) is 4.02. The number of hydrogen-bond acceptors (Lipinski definition) is 2. The Kier molecular flexibility index (Phi) is 8.48. The van der Waals surface area contributed by atoms with Crippen molar-refractivity contribution in [2.45, 2.75) is 77.2 Å². The molecule has 1 aromatic rings. The van der Waals surface area contributed by atoms with E-state index in [0.717, 1.165) is 6.42 Å². The molecule has 2 heteroatoms. The molecule has 2 N–H and O–H groups in total. The lowest BCUT2D eigenvalue weighted by Gasteiger charge is -2.20. The van der Waals surface area contributed by atoms with Crippen LogP contribution in [0.1, 0.15) is 76.7 Å². The highest BCUT2D eigenvalue weighted by atomic mass is 14.6. The number of pyridine rings is 1. The monoisotopic (exact) mass is 262 g/mol. The summed E-state index contributed by atoms with van der Waals surface area (Å²) in [6.45, 7) is 4.49. The maximum atomic E-state index is 6.29. The van der Waals surface area contributed by atoms with Gasteiger partial charge in [0.1, 0.15) is 0 Å². The minimum Gasteiger partial charge on any atom is -0.327 e. The number of rotatable bonds is 10. The second-order valence-electron chi connectivity index (χ2n) is 5.64.